The van der Waals surface area contributed by atoms with Crippen LogP contribution in [0, 0.1) is 0 Å². The number of rotatable bonds is 6. The first kappa shape index (κ1) is 33.2. The number of anilines is 1. The summed E-state index contributed by atoms with van der Waals surface area (Å²) in [6, 6.07) is 4.77. The molecule has 0 radical (unpaired) electrons. The Kier molecular flexibility index (Phi) is 8.69. The third kappa shape index (κ3) is 7.17. The number of halogens is 1. The van der Waals surface area contributed by atoms with E-state index in [9.17, 15) is 19.8 Å². The lowest BCUT2D eigenvalue weighted by atomic mass is 10.2. The highest BCUT2D eigenvalue weighted by atomic mass is 35.5. The normalized spacial score (nSPS) is 19.5. The number of hydrogen-bond acceptors (Lipinski definition) is 14. The Hall–Kier alpha value is -4.91. The second-order valence-corrected chi connectivity index (χ2v) is 15.3. The predicted octanol–water partition coefficient (Wildman–Crippen LogP) is 0.385. The summed E-state index contributed by atoms with van der Waals surface area (Å²) in [5, 5.41) is 30.1. The van der Waals surface area contributed by atoms with Gasteiger partial charge in [0.05, 0.1) is 34.2 Å². The SMILES string of the molecule is CN1CCC(N(C)c2cc(=NC3CC3)n3ncc(=Cc4sc(=O)[nH]c4O)c3n2)C1.O=c1[nH]c(O)c(C=c2cnn3c(=NC4CC4)cc(Cl)nc23)s1. The fourth-order valence-corrected chi connectivity index (χ4v) is 7.33. The summed E-state index contributed by atoms with van der Waals surface area (Å²) < 4.78 is 3.36. The number of aromatic amines is 2. The number of fused-ring (bicyclic) bond motifs is 2. The highest BCUT2D eigenvalue weighted by molar-refractivity contribution is 7.10. The van der Waals surface area contributed by atoms with Crippen LogP contribution < -0.4 is 36.1 Å². The smallest absolute Gasteiger partial charge is 0.307 e. The number of aromatic hydroxyl groups is 2. The Balaban J connectivity index is 0.000000152. The number of H-pyrrole nitrogens is 2. The van der Waals surface area contributed by atoms with Crippen molar-refractivity contribution in [3.05, 3.63) is 80.2 Å². The van der Waals surface area contributed by atoms with Crippen molar-refractivity contribution >= 4 is 63.5 Å². The highest BCUT2D eigenvalue weighted by Gasteiger charge is 2.26. The Labute approximate surface area is 301 Å². The van der Waals surface area contributed by atoms with Crippen LogP contribution in [0.3, 0.4) is 0 Å². The van der Waals surface area contributed by atoms with E-state index in [4.69, 9.17) is 21.6 Å². The quantitative estimate of drug-likeness (QED) is 0.173. The van der Waals surface area contributed by atoms with Crippen molar-refractivity contribution in [2.45, 2.75) is 50.2 Å². The molecule has 0 amide bonds. The van der Waals surface area contributed by atoms with Crippen LogP contribution in [0.4, 0.5) is 5.82 Å². The van der Waals surface area contributed by atoms with E-state index < -0.39 is 0 Å². The second kappa shape index (κ2) is 13.3. The van der Waals surface area contributed by atoms with E-state index in [1.807, 2.05) is 6.07 Å². The van der Waals surface area contributed by atoms with E-state index in [0.717, 1.165) is 84.4 Å². The molecule has 1 aliphatic heterocycles. The number of hydrogen-bond donors (Lipinski definition) is 4. The van der Waals surface area contributed by atoms with Crippen LogP contribution in [0.15, 0.2) is 44.1 Å². The first-order valence-corrected chi connectivity index (χ1v) is 18.4. The van der Waals surface area contributed by atoms with Crippen LogP contribution in [-0.2, 0) is 0 Å². The van der Waals surface area contributed by atoms with Gasteiger partial charge in [-0.15, -0.1) is 0 Å². The van der Waals surface area contributed by atoms with Crippen LogP contribution in [0.5, 0.6) is 11.8 Å². The Morgan fingerprint density at radius 2 is 1.39 bits per heavy atom. The monoisotopic (exact) mass is 748 g/mol. The largest absolute Gasteiger partial charge is 0.493 e. The molecule has 0 aromatic carbocycles. The molecule has 3 aliphatic rings. The van der Waals surface area contributed by atoms with Crippen molar-refractivity contribution < 1.29 is 10.2 Å². The summed E-state index contributed by atoms with van der Waals surface area (Å²) in [7, 11) is 4.21. The van der Waals surface area contributed by atoms with Gasteiger partial charge in [0, 0.05) is 42.2 Å². The molecule has 1 atom stereocenters. The lowest BCUT2D eigenvalue weighted by molar-refractivity contribution is 0.409. The van der Waals surface area contributed by atoms with Crippen LogP contribution >= 0.6 is 34.3 Å². The number of aromatic nitrogens is 8. The molecular weight excluding hydrogens is 716 g/mol. The van der Waals surface area contributed by atoms with Gasteiger partial charge >= 0.3 is 9.75 Å². The standard InChI is InChI=1S/C19H23N7O2S.C13H10ClN5O2S/c1-24-6-5-13(10-24)25(2)15-8-16(21-12-3-4-12)26-17(22-15)11(9-20-26)7-14-18(27)23-19(28)29-14;14-9-4-10(16-7-1-2-7)19-11(17-9)6(5-15-19)3-8-12(20)18-13(21)22-8/h7-9,12-13,27H,3-6,10H2,1-2H3,(H,23,28);3-5,7,20H,1-2H2,(H,18,21). The van der Waals surface area contributed by atoms with Gasteiger partial charge in [-0.1, -0.05) is 34.3 Å². The average Bonchev–Trinajstić information content (AvgIpc) is 3.85. The molecule has 0 bridgehead atoms. The molecule has 6 aromatic heterocycles. The molecule has 2 saturated carbocycles. The summed E-state index contributed by atoms with van der Waals surface area (Å²) in [6.45, 7) is 2.08. The number of nitrogens with zero attached hydrogens (tertiary/aromatic N) is 10. The maximum Gasteiger partial charge on any atom is 0.307 e. The molecule has 3 fully saturated rings. The number of thiazole rings is 2. The van der Waals surface area contributed by atoms with E-state index in [0.29, 0.717) is 55.0 Å². The van der Waals surface area contributed by atoms with Gasteiger partial charge in [0.25, 0.3) is 0 Å². The summed E-state index contributed by atoms with van der Waals surface area (Å²) in [6.07, 6.45) is 12.1. The highest BCUT2D eigenvalue weighted by Crippen LogP contribution is 2.24. The molecular formula is C32H33ClN12O4S2. The van der Waals surface area contributed by atoms with E-state index in [2.05, 4.69) is 54.0 Å². The van der Waals surface area contributed by atoms with Crippen molar-refractivity contribution in [3.63, 3.8) is 0 Å². The van der Waals surface area contributed by atoms with Crippen molar-refractivity contribution in [1.29, 1.82) is 0 Å². The predicted molar refractivity (Wildman–Crippen MR) is 193 cm³/mol. The maximum absolute atomic E-state index is 11.5. The molecule has 0 spiro atoms. The van der Waals surface area contributed by atoms with Gasteiger partial charge in [0.15, 0.2) is 22.3 Å². The van der Waals surface area contributed by atoms with Crippen LogP contribution in [-0.4, -0.2) is 99.6 Å². The topological polar surface area (TPSA) is 198 Å². The molecule has 7 heterocycles. The summed E-state index contributed by atoms with van der Waals surface area (Å²) in [5.41, 5.74) is 2.65. The molecule has 4 N–H and O–H groups in total. The van der Waals surface area contributed by atoms with Crippen LogP contribution in [0.2, 0.25) is 5.15 Å². The first-order valence-electron chi connectivity index (χ1n) is 16.4. The molecule has 51 heavy (non-hydrogen) atoms. The fraction of sp³-hybridized carbons (Fsp3) is 0.375. The molecule has 6 aromatic rings. The van der Waals surface area contributed by atoms with E-state index >= 15 is 0 Å². The molecule has 19 heteroatoms. The number of likely N-dealkylation sites (tertiary alicyclic amines) is 1. The number of nitrogens with one attached hydrogen (secondary N) is 2. The van der Waals surface area contributed by atoms with Gasteiger partial charge in [-0.25, -0.2) is 9.97 Å². The molecule has 16 nitrogen and oxygen atoms in total. The van der Waals surface area contributed by atoms with Crippen LogP contribution in [0.25, 0.3) is 23.4 Å². The third-order valence-electron chi connectivity index (χ3n) is 8.80. The number of likely N-dealkylation sites (N-methyl/N-ethyl adjacent to an activating group) is 2. The molecule has 1 unspecified atom stereocenters. The average molecular weight is 749 g/mol. The summed E-state index contributed by atoms with van der Waals surface area (Å²) >= 11 is 7.93. The summed E-state index contributed by atoms with van der Waals surface area (Å²) in [4.78, 5) is 50.8. The van der Waals surface area contributed by atoms with Crippen molar-refractivity contribution in [1.82, 2.24) is 44.1 Å². The van der Waals surface area contributed by atoms with Gasteiger partial charge in [-0.3, -0.25) is 29.5 Å². The lowest BCUT2D eigenvalue weighted by Gasteiger charge is -2.25. The molecule has 9 rings (SSSR count). The van der Waals surface area contributed by atoms with E-state index in [1.54, 1.807) is 39.6 Å². The summed E-state index contributed by atoms with van der Waals surface area (Å²) in [5.74, 6) is 0.558. The van der Waals surface area contributed by atoms with Crippen molar-refractivity contribution in [2.75, 3.05) is 32.1 Å². The zero-order chi connectivity index (χ0) is 35.4. The zero-order valence-corrected chi connectivity index (χ0v) is 29.9. The second-order valence-electron chi connectivity index (χ2n) is 12.9. The van der Waals surface area contributed by atoms with Gasteiger partial charge in [0.2, 0.25) is 11.8 Å². The van der Waals surface area contributed by atoms with E-state index in [1.165, 1.54) is 0 Å². The van der Waals surface area contributed by atoms with Gasteiger partial charge in [-0.05, 0) is 57.8 Å². The maximum atomic E-state index is 11.5. The minimum atomic E-state index is -0.323. The zero-order valence-electron chi connectivity index (χ0n) is 27.5. The fourth-order valence-electron chi connectivity index (χ4n) is 5.79. The molecule has 264 valence electrons. The Bertz CT molecular complexity index is 2650. The third-order valence-corrected chi connectivity index (χ3v) is 10.6. The Morgan fingerprint density at radius 1 is 0.863 bits per heavy atom. The van der Waals surface area contributed by atoms with Crippen molar-refractivity contribution in [2.24, 2.45) is 9.98 Å². The van der Waals surface area contributed by atoms with Gasteiger partial charge in [0.1, 0.15) is 11.0 Å². The van der Waals surface area contributed by atoms with E-state index in [-0.39, 0.29) is 21.5 Å². The van der Waals surface area contributed by atoms with Gasteiger partial charge in [-0.2, -0.15) is 19.2 Å². The Morgan fingerprint density at radius 3 is 1.86 bits per heavy atom. The van der Waals surface area contributed by atoms with Crippen LogP contribution in [0.1, 0.15) is 41.9 Å². The lowest BCUT2D eigenvalue weighted by Crippen LogP contribution is -2.35. The minimum Gasteiger partial charge on any atom is -0.493 e. The molecule has 2 aliphatic carbocycles. The minimum absolute atomic E-state index is 0.135. The van der Waals surface area contributed by atoms with Gasteiger partial charge < -0.3 is 20.0 Å². The molecule has 1 saturated heterocycles. The first-order chi connectivity index (χ1) is 24.6. The van der Waals surface area contributed by atoms with Crippen molar-refractivity contribution in [3.8, 4) is 11.8 Å².